The Kier molecular flexibility index (Phi) is 3.87. The normalized spacial score (nSPS) is 22.4. The number of rotatable bonds is 4. The Bertz CT molecular complexity index is 97.7. The fourth-order valence-electron chi connectivity index (χ4n) is 1.58. The molecule has 1 aliphatic carbocycles. The van der Waals surface area contributed by atoms with E-state index in [0.717, 1.165) is 12.6 Å². The topological polar surface area (TPSA) is 24.1 Å². The summed E-state index contributed by atoms with van der Waals surface area (Å²) in [7, 11) is 2.01. The molecule has 0 aliphatic heterocycles. The third-order valence-corrected chi connectivity index (χ3v) is 2.56. The highest BCUT2D eigenvalue weighted by atomic mass is 15.0. The molecule has 0 aromatic rings. The van der Waals surface area contributed by atoms with Crippen LogP contribution in [0, 0.1) is 0 Å². The van der Waals surface area contributed by atoms with Crippen LogP contribution in [0.3, 0.4) is 0 Å². The van der Waals surface area contributed by atoms with Gasteiger partial charge in [-0.15, -0.1) is 0 Å². The van der Waals surface area contributed by atoms with Gasteiger partial charge in [-0.2, -0.15) is 0 Å². The summed E-state index contributed by atoms with van der Waals surface area (Å²) in [6, 6.07) is 1.42. The van der Waals surface area contributed by atoms with Crippen LogP contribution in [0.2, 0.25) is 0 Å². The van der Waals surface area contributed by atoms with E-state index in [1.165, 1.54) is 25.7 Å². The van der Waals surface area contributed by atoms with Gasteiger partial charge in [0, 0.05) is 18.6 Å². The van der Waals surface area contributed by atoms with E-state index >= 15 is 0 Å². The molecule has 0 radical (unpaired) electrons. The van der Waals surface area contributed by atoms with Crippen LogP contribution in [0.4, 0.5) is 0 Å². The second-order valence-electron chi connectivity index (χ2n) is 3.58. The van der Waals surface area contributed by atoms with Crippen molar-refractivity contribution in [2.24, 2.45) is 0 Å². The van der Waals surface area contributed by atoms with Gasteiger partial charge in [0.25, 0.3) is 0 Å². The molecule has 1 saturated carbocycles. The van der Waals surface area contributed by atoms with Crippen molar-refractivity contribution in [3.8, 4) is 0 Å². The molecule has 0 heterocycles. The summed E-state index contributed by atoms with van der Waals surface area (Å²) in [5, 5.41) is 6.80. The molecule has 0 bridgehead atoms. The van der Waals surface area contributed by atoms with Crippen LogP contribution in [0.15, 0.2) is 0 Å². The van der Waals surface area contributed by atoms with Crippen molar-refractivity contribution in [2.45, 2.75) is 44.7 Å². The monoisotopic (exact) mass is 156 g/mol. The van der Waals surface area contributed by atoms with Gasteiger partial charge in [0.05, 0.1) is 0 Å². The van der Waals surface area contributed by atoms with Crippen LogP contribution in [0.1, 0.15) is 32.6 Å². The minimum absolute atomic E-state index is 0.607. The van der Waals surface area contributed by atoms with E-state index in [1.807, 2.05) is 7.05 Å². The van der Waals surface area contributed by atoms with Gasteiger partial charge in [0.2, 0.25) is 0 Å². The predicted octanol–water partition coefficient (Wildman–Crippen LogP) is 1.13. The molecule has 0 aromatic heterocycles. The molecular formula is C9H20N2. The lowest BCUT2D eigenvalue weighted by Crippen LogP contribution is -2.38. The Morgan fingerprint density at radius 1 is 1.36 bits per heavy atom. The van der Waals surface area contributed by atoms with E-state index in [9.17, 15) is 0 Å². The molecule has 2 nitrogen and oxygen atoms in total. The summed E-state index contributed by atoms with van der Waals surface area (Å²) < 4.78 is 0. The molecule has 66 valence electrons. The highest BCUT2D eigenvalue weighted by molar-refractivity contribution is 4.75. The molecule has 2 N–H and O–H groups in total. The third kappa shape index (κ3) is 3.21. The standard InChI is InChI=1S/C9H20N2/c1-8(10-2)7-11-9-5-3-4-6-9/h8-11H,3-7H2,1-2H3. The zero-order valence-corrected chi connectivity index (χ0v) is 7.69. The molecule has 1 atom stereocenters. The molecule has 0 saturated heterocycles. The van der Waals surface area contributed by atoms with Crippen LogP contribution in [-0.4, -0.2) is 25.7 Å². The van der Waals surface area contributed by atoms with Crippen LogP contribution < -0.4 is 10.6 Å². The summed E-state index contributed by atoms with van der Waals surface area (Å²) in [4.78, 5) is 0. The van der Waals surface area contributed by atoms with Gasteiger partial charge in [-0.3, -0.25) is 0 Å². The van der Waals surface area contributed by atoms with E-state index in [2.05, 4.69) is 17.6 Å². The quantitative estimate of drug-likeness (QED) is 0.637. The first-order chi connectivity index (χ1) is 5.33. The molecule has 1 rings (SSSR count). The lowest BCUT2D eigenvalue weighted by molar-refractivity contribution is 0.469. The Labute approximate surface area is 69.8 Å². The molecule has 0 aromatic carbocycles. The maximum Gasteiger partial charge on any atom is 0.0161 e. The largest absolute Gasteiger partial charge is 0.316 e. The average Bonchev–Trinajstić information content (AvgIpc) is 2.52. The number of hydrogen-bond donors (Lipinski definition) is 2. The Morgan fingerprint density at radius 2 is 2.00 bits per heavy atom. The molecular weight excluding hydrogens is 136 g/mol. The maximum absolute atomic E-state index is 3.57. The van der Waals surface area contributed by atoms with E-state index in [0.29, 0.717) is 6.04 Å². The van der Waals surface area contributed by atoms with E-state index in [1.54, 1.807) is 0 Å². The van der Waals surface area contributed by atoms with Crippen LogP contribution in [-0.2, 0) is 0 Å². The highest BCUT2D eigenvalue weighted by Gasteiger charge is 2.14. The second-order valence-corrected chi connectivity index (χ2v) is 3.58. The lowest BCUT2D eigenvalue weighted by Gasteiger charge is -2.15. The van der Waals surface area contributed by atoms with E-state index < -0.39 is 0 Å². The van der Waals surface area contributed by atoms with E-state index in [-0.39, 0.29) is 0 Å². The first-order valence-corrected chi connectivity index (χ1v) is 4.73. The fraction of sp³-hybridized carbons (Fsp3) is 1.00. The zero-order chi connectivity index (χ0) is 8.10. The van der Waals surface area contributed by atoms with Gasteiger partial charge >= 0.3 is 0 Å². The summed E-state index contributed by atoms with van der Waals surface area (Å²) >= 11 is 0. The van der Waals surface area contributed by atoms with Crippen molar-refractivity contribution in [3.05, 3.63) is 0 Å². The van der Waals surface area contributed by atoms with Crippen LogP contribution in [0.5, 0.6) is 0 Å². The van der Waals surface area contributed by atoms with Gasteiger partial charge in [-0.1, -0.05) is 12.8 Å². The summed E-state index contributed by atoms with van der Waals surface area (Å²) in [5.41, 5.74) is 0. The Morgan fingerprint density at radius 3 is 2.55 bits per heavy atom. The molecule has 11 heavy (non-hydrogen) atoms. The zero-order valence-electron chi connectivity index (χ0n) is 7.69. The predicted molar refractivity (Wildman–Crippen MR) is 48.8 cm³/mol. The number of nitrogens with one attached hydrogen (secondary N) is 2. The van der Waals surface area contributed by atoms with Crippen molar-refractivity contribution in [3.63, 3.8) is 0 Å². The van der Waals surface area contributed by atoms with Crippen molar-refractivity contribution in [2.75, 3.05) is 13.6 Å². The molecule has 2 heteroatoms. The SMILES string of the molecule is CNC(C)CNC1CCCC1. The Balaban J connectivity index is 2.01. The van der Waals surface area contributed by atoms with Gasteiger partial charge < -0.3 is 10.6 Å². The average molecular weight is 156 g/mol. The molecule has 0 amide bonds. The van der Waals surface area contributed by atoms with Gasteiger partial charge in [0.15, 0.2) is 0 Å². The molecule has 0 spiro atoms. The number of likely N-dealkylation sites (N-methyl/N-ethyl adjacent to an activating group) is 1. The number of hydrogen-bond acceptors (Lipinski definition) is 2. The van der Waals surface area contributed by atoms with Gasteiger partial charge in [-0.25, -0.2) is 0 Å². The van der Waals surface area contributed by atoms with Crippen molar-refractivity contribution in [1.29, 1.82) is 0 Å². The first-order valence-electron chi connectivity index (χ1n) is 4.73. The molecule has 1 fully saturated rings. The molecule has 1 unspecified atom stereocenters. The van der Waals surface area contributed by atoms with Crippen molar-refractivity contribution < 1.29 is 0 Å². The van der Waals surface area contributed by atoms with Crippen molar-refractivity contribution in [1.82, 2.24) is 10.6 Å². The lowest BCUT2D eigenvalue weighted by atomic mass is 10.2. The minimum Gasteiger partial charge on any atom is -0.316 e. The summed E-state index contributed by atoms with van der Waals surface area (Å²) in [6.07, 6.45) is 5.62. The van der Waals surface area contributed by atoms with Gasteiger partial charge in [0.1, 0.15) is 0 Å². The first kappa shape index (κ1) is 9.01. The van der Waals surface area contributed by atoms with Gasteiger partial charge in [-0.05, 0) is 26.8 Å². The molecule has 1 aliphatic rings. The second kappa shape index (κ2) is 4.73. The van der Waals surface area contributed by atoms with Crippen LogP contribution >= 0.6 is 0 Å². The highest BCUT2D eigenvalue weighted by Crippen LogP contribution is 2.17. The third-order valence-electron chi connectivity index (χ3n) is 2.56. The van der Waals surface area contributed by atoms with Crippen LogP contribution in [0.25, 0.3) is 0 Å². The fourth-order valence-corrected chi connectivity index (χ4v) is 1.58. The van der Waals surface area contributed by atoms with E-state index in [4.69, 9.17) is 0 Å². The van der Waals surface area contributed by atoms with Crippen molar-refractivity contribution >= 4 is 0 Å². The summed E-state index contributed by atoms with van der Waals surface area (Å²) in [5.74, 6) is 0. The Hall–Kier alpha value is -0.0800. The maximum atomic E-state index is 3.57. The summed E-state index contributed by atoms with van der Waals surface area (Å²) in [6.45, 7) is 3.32. The smallest absolute Gasteiger partial charge is 0.0161 e. The minimum atomic E-state index is 0.607.